The maximum Gasteiger partial charge on any atom is 0.109 e. The van der Waals surface area contributed by atoms with Crippen molar-refractivity contribution in [2.75, 3.05) is 6.54 Å². The Bertz CT molecular complexity index is 242. The van der Waals surface area contributed by atoms with Gasteiger partial charge < -0.3 is 10.3 Å². The summed E-state index contributed by atoms with van der Waals surface area (Å²) >= 11 is 0. The molecule has 1 aromatic rings. The van der Waals surface area contributed by atoms with Crippen molar-refractivity contribution in [1.29, 1.82) is 0 Å². The van der Waals surface area contributed by atoms with Gasteiger partial charge in [-0.05, 0) is 13.0 Å². The minimum atomic E-state index is 0.537. The van der Waals surface area contributed by atoms with E-state index in [1.165, 1.54) is 5.69 Å². The van der Waals surface area contributed by atoms with Gasteiger partial charge in [0.1, 0.15) is 5.82 Å². The van der Waals surface area contributed by atoms with Gasteiger partial charge in [0.05, 0.1) is 0 Å². The topological polar surface area (TPSA) is 40.7 Å². The highest BCUT2D eigenvalue weighted by molar-refractivity contribution is 5.04. The van der Waals surface area contributed by atoms with E-state index in [2.05, 4.69) is 36.1 Å². The second-order valence-electron chi connectivity index (χ2n) is 3.38. The zero-order chi connectivity index (χ0) is 9.68. The predicted molar refractivity (Wildman–Crippen MR) is 54.7 cm³/mol. The van der Waals surface area contributed by atoms with Gasteiger partial charge in [0.2, 0.25) is 0 Å². The molecule has 0 bridgehead atoms. The second kappa shape index (κ2) is 5.02. The molecule has 0 aliphatic heterocycles. The lowest BCUT2D eigenvalue weighted by molar-refractivity contribution is 0.676. The molecule has 0 amide bonds. The molecule has 0 spiro atoms. The zero-order valence-electron chi connectivity index (χ0n) is 8.72. The Morgan fingerprint density at radius 3 is 2.92 bits per heavy atom. The van der Waals surface area contributed by atoms with Crippen molar-refractivity contribution >= 4 is 0 Å². The van der Waals surface area contributed by atoms with Crippen LogP contribution in [0.2, 0.25) is 0 Å². The first kappa shape index (κ1) is 10.3. The van der Waals surface area contributed by atoms with E-state index in [9.17, 15) is 0 Å². The van der Waals surface area contributed by atoms with Crippen LogP contribution in [0.4, 0.5) is 0 Å². The first-order chi connectivity index (χ1) is 6.27. The van der Waals surface area contributed by atoms with Crippen molar-refractivity contribution in [3.8, 4) is 0 Å². The lowest BCUT2D eigenvalue weighted by Crippen LogP contribution is -2.11. The summed E-state index contributed by atoms with van der Waals surface area (Å²) < 4.78 is 0. The van der Waals surface area contributed by atoms with E-state index in [1.54, 1.807) is 0 Å². The van der Waals surface area contributed by atoms with Crippen molar-refractivity contribution in [3.05, 3.63) is 17.7 Å². The summed E-state index contributed by atoms with van der Waals surface area (Å²) in [5.41, 5.74) is 1.18. The van der Waals surface area contributed by atoms with Gasteiger partial charge in [-0.1, -0.05) is 20.8 Å². The highest BCUT2D eigenvalue weighted by atomic mass is 15.0. The number of H-pyrrole nitrogens is 1. The Kier molecular flexibility index (Phi) is 3.96. The maximum atomic E-state index is 4.34. The summed E-state index contributed by atoms with van der Waals surface area (Å²) in [6, 6.07) is 0. The van der Waals surface area contributed by atoms with Gasteiger partial charge in [-0.25, -0.2) is 4.98 Å². The zero-order valence-corrected chi connectivity index (χ0v) is 8.72. The summed E-state index contributed by atoms with van der Waals surface area (Å²) in [4.78, 5) is 7.67. The number of nitrogens with zero attached hydrogens (tertiary/aromatic N) is 1. The summed E-state index contributed by atoms with van der Waals surface area (Å²) in [5.74, 6) is 1.64. The average molecular weight is 181 g/mol. The van der Waals surface area contributed by atoms with Crippen LogP contribution in [0, 0.1) is 0 Å². The highest BCUT2D eigenvalue weighted by Crippen LogP contribution is 2.14. The summed E-state index contributed by atoms with van der Waals surface area (Å²) in [6.45, 7) is 8.36. The van der Waals surface area contributed by atoms with Crippen LogP contribution in [0.3, 0.4) is 0 Å². The average Bonchev–Trinajstić information content (AvgIpc) is 2.62. The van der Waals surface area contributed by atoms with Gasteiger partial charge in [-0.3, -0.25) is 0 Å². The molecule has 1 atom stereocenters. The molecule has 0 fully saturated rings. The van der Waals surface area contributed by atoms with Crippen LogP contribution in [0.1, 0.15) is 44.6 Å². The monoisotopic (exact) mass is 181 g/mol. The van der Waals surface area contributed by atoms with Crippen LogP contribution in [0.25, 0.3) is 0 Å². The van der Waals surface area contributed by atoms with Crippen LogP contribution in [-0.4, -0.2) is 16.5 Å². The first-order valence-corrected chi connectivity index (χ1v) is 5.02. The molecule has 74 valence electrons. The Morgan fingerprint density at radius 2 is 2.31 bits per heavy atom. The molecule has 3 heteroatoms. The van der Waals surface area contributed by atoms with E-state index >= 15 is 0 Å². The molecule has 0 aliphatic rings. The van der Waals surface area contributed by atoms with Crippen LogP contribution < -0.4 is 5.32 Å². The molecule has 0 aliphatic carbocycles. The maximum absolute atomic E-state index is 4.34. The van der Waals surface area contributed by atoms with E-state index in [4.69, 9.17) is 0 Å². The normalized spacial score (nSPS) is 13.2. The molecule has 2 N–H and O–H groups in total. The molecule has 1 aromatic heterocycles. The van der Waals surface area contributed by atoms with Gasteiger partial charge in [0, 0.05) is 24.4 Å². The Balaban J connectivity index is 2.53. The minimum Gasteiger partial charge on any atom is -0.345 e. The lowest BCUT2D eigenvalue weighted by atomic mass is 10.1. The molecule has 1 heterocycles. The molecular weight excluding hydrogens is 162 g/mol. The van der Waals surface area contributed by atoms with E-state index in [0.29, 0.717) is 5.92 Å². The number of aromatic amines is 1. The highest BCUT2D eigenvalue weighted by Gasteiger charge is 2.06. The van der Waals surface area contributed by atoms with Gasteiger partial charge in [-0.15, -0.1) is 0 Å². The van der Waals surface area contributed by atoms with Crippen molar-refractivity contribution in [3.63, 3.8) is 0 Å². The SMILES string of the molecule is CCNCc1cnc(C(C)CC)[nH]1. The molecular formula is C10H19N3. The number of aromatic nitrogens is 2. The largest absolute Gasteiger partial charge is 0.345 e. The molecule has 3 nitrogen and oxygen atoms in total. The van der Waals surface area contributed by atoms with Crippen LogP contribution >= 0.6 is 0 Å². The van der Waals surface area contributed by atoms with Crippen molar-refractivity contribution < 1.29 is 0 Å². The standard InChI is InChI=1S/C10H19N3/c1-4-8(3)10-12-7-9(13-10)6-11-5-2/h7-8,11H,4-6H2,1-3H3,(H,12,13). The third kappa shape index (κ3) is 2.84. The molecule has 1 rings (SSSR count). The van der Waals surface area contributed by atoms with E-state index in [-0.39, 0.29) is 0 Å². The number of rotatable bonds is 5. The van der Waals surface area contributed by atoms with Gasteiger partial charge in [0.25, 0.3) is 0 Å². The van der Waals surface area contributed by atoms with Crippen LogP contribution in [0.5, 0.6) is 0 Å². The molecule has 0 aromatic carbocycles. The van der Waals surface area contributed by atoms with Crippen molar-refractivity contribution in [2.45, 2.75) is 39.7 Å². The van der Waals surface area contributed by atoms with Crippen LogP contribution in [0.15, 0.2) is 6.20 Å². The second-order valence-corrected chi connectivity index (χ2v) is 3.38. The molecule has 13 heavy (non-hydrogen) atoms. The van der Waals surface area contributed by atoms with E-state index in [1.807, 2.05) is 6.20 Å². The van der Waals surface area contributed by atoms with Gasteiger partial charge in [-0.2, -0.15) is 0 Å². The fourth-order valence-electron chi connectivity index (χ4n) is 1.17. The number of hydrogen-bond acceptors (Lipinski definition) is 2. The smallest absolute Gasteiger partial charge is 0.109 e. The number of hydrogen-bond donors (Lipinski definition) is 2. The third-order valence-electron chi connectivity index (χ3n) is 2.29. The summed E-state index contributed by atoms with van der Waals surface area (Å²) in [7, 11) is 0. The van der Waals surface area contributed by atoms with Crippen molar-refractivity contribution in [1.82, 2.24) is 15.3 Å². The van der Waals surface area contributed by atoms with Gasteiger partial charge >= 0.3 is 0 Å². The Labute approximate surface area is 80.0 Å². The lowest BCUT2D eigenvalue weighted by Gasteiger charge is -2.03. The van der Waals surface area contributed by atoms with Gasteiger partial charge in [0.15, 0.2) is 0 Å². The Morgan fingerprint density at radius 1 is 1.54 bits per heavy atom. The molecule has 0 saturated heterocycles. The molecule has 0 saturated carbocycles. The first-order valence-electron chi connectivity index (χ1n) is 5.02. The van der Waals surface area contributed by atoms with Crippen LogP contribution in [-0.2, 0) is 6.54 Å². The minimum absolute atomic E-state index is 0.537. The quantitative estimate of drug-likeness (QED) is 0.729. The van der Waals surface area contributed by atoms with E-state index < -0.39 is 0 Å². The molecule has 0 radical (unpaired) electrons. The van der Waals surface area contributed by atoms with E-state index in [0.717, 1.165) is 25.3 Å². The molecule has 1 unspecified atom stereocenters. The fraction of sp³-hybridized carbons (Fsp3) is 0.700. The third-order valence-corrected chi connectivity index (χ3v) is 2.29. The summed E-state index contributed by atoms with van der Waals surface area (Å²) in [5, 5.41) is 3.26. The number of imidazole rings is 1. The Hall–Kier alpha value is -0.830. The fourth-order valence-corrected chi connectivity index (χ4v) is 1.17. The predicted octanol–water partition coefficient (Wildman–Crippen LogP) is 2.03. The van der Waals surface area contributed by atoms with Crippen molar-refractivity contribution in [2.24, 2.45) is 0 Å². The number of nitrogens with one attached hydrogen (secondary N) is 2. The summed E-state index contributed by atoms with van der Waals surface area (Å²) in [6.07, 6.45) is 3.05.